The molecular weight excluding hydrogens is 372 g/mol. The molecule has 1 aromatic carbocycles. The molecule has 1 aromatic rings. The van der Waals surface area contributed by atoms with Crippen molar-refractivity contribution < 1.29 is 14.3 Å². The van der Waals surface area contributed by atoms with E-state index < -0.39 is 0 Å². The Morgan fingerprint density at radius 3 is 1.93 bits per heavy atom. The van der Waals surface area contributed by atoms with E-state index in [9.17, 15) is 4.79 Å². The average molecular weight is 415 g/mol. The van der Waals surface area contributed by atoms with Crippen molar-refractivity contribution in [3.05, 3.63) is 82.7 Å². The number of benzene rings is 1. The predicted octanol–water partition coefficient (Wildman–Crippen LogP) is 7.81. The van der Waals surface area contributed by atoms with Crippen LogP contribution in [-0.4, -0.2) is 12.6 Å². The van der Waals surface area contributed by atoms with Crippen LogP contribution < -0.4 is 0 Å². The zero-order valence-electron chi connectivity index (χ0n) is 19.5. The van der Waals surface area contributed by atoms with Gasteiger partial charge in [0.2, 0.25) is 0 Å². The molecule has 0 spiro atoms. The van der Waals surface area contributed by atoms with E-state index in [1.54, 1.807) is 13.0 Å². The molecule has 0 unspecified atom stereocenters. The first kappa shape index (κ1) is 29.6. The molecule has 0 aliphatic heterocycles. The van der Waals surface area contributed by atoms with Crippen LogP contribution in [0.5, 0.6) is 0 Å². The van der Waals surface area contributed by atoms with Gasteiger partial charge in [0.05, 0.1) is 12.2 Å². The number of carbonyl (C=O) groups excluding carboxylic acids is 1. The molecule has 0 fully saturated rings. The van der Waals surface area contributed by atoms with Gasteiger partial charge >= 0.3 is 5.97 Å². The summed E-state index contributed by atoms with van der Waals surface area (Å²) in [6.07, 6.45) is 3.58. The van der Waals surface area contributed by atoms with Gasteiger partial charge in [-0.2, -0.15) is 0 Å². The summed E-state index contributed by atoms with van der Waals surface area (Å²) in [5.74, 6) is 0.475. The topological polar surface area (TPSA) is 35.5 Å². The Morgan fingerprint density at radius 1 is 1.00 bits per heavy atom. The normalized spacial score (nSPS) is 11.0. The van der Waals surface area contributed by atoms with E-state index in [1.165, 1.54) is 11.1 Å². The van der Waals surface area contributed by atoms with E-state index in [1.807, 2.05) is 57.2 Å². The molecule has 0 aliphatic carbocycles. The molecule has 0 amide bonds. The summed E-state index contributed by atoms with van der Waals surface area (Å²) < 4.78 is 11.0. The highest BCUT2D eigenvalue weighted by molar-refractivity contribution is 5.91. The minimum absolute atomic E-state index is 0. The number of esters is 1. The van der Waals surface area contributed by atoms with E-state index in [0.717, 1.165) is 11.1 Å². The van der Waals surface area contributed by atoms with Gasteiger partial charge in [-0.25, -0.2) is 4.79 Å². The zero-order chi connectivity index (χ0) is 22.4. The molecule has 0 radical (unpaired) electrons. The molecule has 0 saturated carbocycles. The van der Waals surface area contributed by atoms with Gasteiger partial charge in [0.1, 0.15) is 12.4 Å². The minimum Gasteiger partial charge on any atom is -0.489 e. The Balaban J connectivity index is 0. The third-order valence-electron chi connectivity index (χ3n) is 3.97. The highest BCUT2D eigenvalue weighted by Gasteiger charge is 2.12. The molecule has 1 rings (SSSR count). The van der Waals surface area contributed by atoms with E-state index in [4.69, 9.17) is 9.47 Å². The molecule has 0 aromatic heterocycles. The first-order valence-electron chi connectivity index (χ1n) is 10.1. The predicted molar refractivity (Wildman–Crippen MR) is 130 cm³/mol. The highest BCUT2D eigenvalue weighted by atomic mass is 16.5. The van der Waals surface area contributed by atoms with Crippen molar-refractivity contribution in [1.82, 2.24) is 0 Å². The molecule has 0 bridgehead atoms. The maximum atomic E-state index is 12.1. The number of allylic oxidation sites excluding steroid dienone is 4. The second-order valence-electron chi connectivity index (χ2n) is 7.65. The molecular formula is C27H42O3. The van der Waals surface area contributed by atoms with Gasteiger partial charge in [-0.3, -0.25) is 0 Å². The minimum atomic E-state index is -0.344. The van der Waals surface area contributed by atoms with Gasteiger partial charge in [-0.05, 0) is 64.7 Å². The Labute approximate surface area is 185 Å². The van der Waals surface area contributed by atoms with Crippen molar-refractivity contribution >= 4 is 5.97 Å². The summed E-state index contributed by atoms with van der Waals surface area (Å²) >= 11 is 0. The Morgan fingerprint density at radius 2 is 1.53 bits per heavy atom. The first-order chi connectivity index (χ1) is 13.6. The summed E-state index contributed by atoms with van der Waals surface area (Å²) in [5.41, 5.74) is 5.17. The van der Waals surface area contributed by atoms with Crippen molar-refractivity contribution in [3.63, 3.8) is 0 Å². The fraction of sp³-hybridized carbons (Fsp3) is 0.444. The molecule has 0 N–H and O–H groups in total. The molecule has 0 heterocycles. The second-order valence-corrected chi connectivity index (χ2v) is 7.65. The van der Waals surface area contributed by atoms with Crippen molar-refractivity contribution in [1.29, 1.82) is 0 Å². The van der Waals surface area contributed by atoms with Crippen LogP contribution in [0.1, 0.15) is 68.4 Å². The average Bonchev–Trinajstić information content (AvgIpc) is 2.65. The lowest BCUT2D eigenvalue weighted by molar-refractivity contribution is -0.138. The van der Waals surface area contributed by atoms with Crippen LogP contribution in [0.4, 0.5) is 0 Å². The number of ether oxygens (including phenoxy) is 2. The van der Waals surface area contributed by atoms with E-state index in [2.05, 4.69) is 34.3 Å². The number of carbonyl (C=O) groups is 1. The quantitative estimate of drug-likeness (QED) is 0.143. The van der Waals surface area contributed by atoms with Crippen molar-refractivity contribution in [2.45, 2.75) is 69.4 Å². The Kier molecular flexibility index (Phi) is 16.1. The summed E-state index contributed by atoms with van der Waals surface area (Å²) in [4.78, 5) is 12.1. The van der Waals surface area contributed by atoms with Crippen molar-refractivity contribution in [3.8, 4) is 0 Å². The van der Waals surface area contributed by atoms with Gasteiger partial charge in [0.15, 0.2) is 0 Å². The van der Waals surface area contributed by atoms with E-state index >= 15 is 0 Å². The number of rotatable bonds is 8. The SMILES string of the molecule is C.C=C(C)/C(=C\C(=C/C(C)C)C(=O)OCC)OCc1ccccc1.CC(C)=C(C)C. The van der Waals surface area contributed by atoms with Crippen LogP contribution in [0.2, 0.25) is 0 Å². The van der Waals surface area contributed by atoms with Crippen LogP contribution >= 0.6 is 0 Å². The number of hydrogen-bond acceptors (Lipinski definition) is 3. The summed E-state index contributed by atoms with van der Waals surface area (Å²) in [6.45, 7) is 20.9. The first-order valence-corrected chi connectivity index (χ1v) is 10.1. The largest absolute Gasteiger partial charge is 0.489 e. The Hall–Kier alpha value is -2.55. The third kappa shape index (κ3) is 13.6. The maximum absolute atomic E-state index is 12.1. The lowest BCUT2D eigenvalue weighted by Gasteiger charge is -2.12. The third-order valence-corrected chi connectivity index (χ3v) is 3.97. The van der Waals surface area contributed by atoms with E-state index in [0.29, 0.717) is 24.5 Å². The molecule has 0 saturated heterocycles. The summed E-state index contributed by atoms with van der Waals surface area (Å²) in [7, 11) is 0. The second kappa shape index (κ2) is 16.3. The lowest BCUT2D eigenvalue weighted by Crippen LogP contribution is -2.08. The highest BCUT2D eigenvalue weighted by Crippen LogP contribution is 2.17. The van der Waals surface area contributed by atoms with Crippen molar-refractivity contribution in [2.24, 2.45) is 5.92 Å². The summed E-state index contributed by atoms with van der Waals surface area (Å²) in [5, 5.41) is 0. The van der Waals surface area contributed by atoms with Gasteiger partial charge in [-0.1, -0.05) is 75.4 Å². The monoisotopic (exact) mass is 414 g/mol. The fourth-order valence-electron chi connectivity index (χ4n) is 1.91. The summed E-state index contributed by atoms with van der Waals surface area (Å²) in [6, 6.07) is 9.87. The number of hydrogen-bond donors (Lipinski definition) is 0. The molecule has 3 nitrogen and oxygen atoms in total. The molecule has 0 aliphatic rings. The van der Waals surface area contributed by atoms with Crippen molar-refractivity contribution in [2.75, 3.05) is 6.61 Å². The smallest absolute Gasteiger partial charge is 0.337 e. The van der Waals surface area contributed by atoms with Gasteiger partial charge in [-0.15, -0.1) is 0 Å². The van der Waals surface area contributed by atoms with Crippen LogP contribution in [0.15, 0.2) is 77.1 Å². The maximum Gasteiger partial charge on any atom is 0.337 e. The van der Waals surface area contributed by atoms with Gasteiger partial charge < -0.3 is 9.47 Å². The molecule has 3 heteroatoms. The Bertz CT molecular complexity index is 717. The standard InChI is InChI=1S/C20H26O3.C6H12.CH4/c1-6-22-20(21)18(12-15(2)3)13-19(16(4)5)23-14-17-10-8-7-9-11-17;1-5(2)6(3)4;/h7-13,15H,4,6,14H2,1-3,5H3;1-4H3;1H4/b18-12+,19-13+;;. The lowest BCUT2D eigenvalue weighted by atomic mass is 10.1. The van der Waals surface area contributed by atoms with Gasteiger partial charge in [0, 0.05) is 0 Å². The van der Waals surface area contributed by atoms with E-state index in [-0.39, 0.29) is 19.3 Å². The molecule has 30 heavy (non-hydrogen) atoms. The molecule has 0 atom stereocenters. The van der Waals surface area contributed by atoms with Crippen LogP contribution in [0, 0.1) is 5.92 Å². The van der Waals surface area contributed by atoms with Crippen LogP contribution in [0.3, 0.4) is 0 Å². The molecule has 168 valence electrons. The van der Waals surface area contributed by atoms with Crippen LogP contribution in [0.25, 0.3) is 0 Å². The zero-order valence-corrected chi connectivity index (χ0v) is 19.5. The van der Waals surface area contributed by atoms with Crippen LogP contribution in [-0.2, 0) is 20.9 Å². The van der Waals surface area contributed by atoms with Gasteiger partial charge in [0.25, 0.3) is 0 Å². The fourth-order valence-corrected chi connectivity index (χ4v) is 1.91.